The largest absolute Gasteiger partial charge is 0.488 e. The van der Waals surface area contributed by atoms with E-state index in [1.165, 1.54) is 12.1 Å². The molecule has 0 saturated heterocycles. The number of hydrogen-bond acceptors (Lipinski definition) is 2. The molecule has 2 nitrogen and oxygen atoms in total. The third-order valence-electron chi connectivity index (χ3n) is 3.38. The van der Waals surface area contributed by atoms with Gasteiger partial charge in [0.15, 0.2) is 0 Å². The normalized spacial score (nSPS) is 12.7. The minimum atomic E-state index is -0.244. The Labute approximate surface area is 109 Å². The lowest BCUT2D eigenvalue weighted by Gasteiger charge is -2.20. The number of nitrogens with zero attached hydrogens (tertiary/aromatic N) is 1. The number of para-hydroxylation sites is 1. The second-order valence-corrected chi connectivity index (χ2v) is 4.62. The predicted molar refractivity (Wildman–Crippen MR) is 71.5 cm³/mol. The zero-order chi connectivity index (χ0) is 12.8. The van der Waals surface area contributed by atoms with E-state index in [-0.39, 0.29) is 5.82 Å². The third kappa shape index (κ3) is 1.58. The fourth-order valence-corrected chi connectivity index (χ4v) is 2.48. The standard InChI is InChI=1S/C16H10FNO/c17-12-5-6-14-10(8-12)7-11-9-19-15-4-2-1-3-13(15)16(11)18-14/h1-8H,9H2. The predicted octanol–water partition coefficient (Wildman–Crippen LogP) is 3.93. The molecule has 4 rings (SSSR count). The maximum absolute atomic E-state index is 13.2. The fraction of sp³-hybridized carbons (Fsp3) is 0.0625. The van der Waals surface area contributed by atoms with Crippen LogP contribution in [0.5, 0.6) is 5.75 Å². The molecule has 92 valence electrons. The van der Waals surface area contributed by atoms with Crippen molar-refractivity contribution in [3.63, 3.8) is 0 Å². The number of halogens is 1. The summed E-state index contributed by atoms with van der Waals surface area (Å²) in [4.78, 5) is 4.65. The number of rotatable bonds is 0. The van der Waals surface area contributed by atoms with Gasteiger partial charge in [-0.3, -0.25) is 0 Å². The number of benzene rings is 2. The van der Waals surface area contributed by atoms with Gasteiger partial charge < -0.3 is 4.74 Å². The van der Waals surface area contributed by atoms with E-state index in [1.54, 1.807) is 6.07 Å². The van der Waals surface area contributed by atoms with Crippen LogP contribution in [0.25, 0.3) is 22.2 Å². The van der Waals surface area contributed by atoms with Gasteiger partial charge in [-0.2, -0.15) is 0 Å². The summed E-state index contributed by atoms with van der Waals surface area (Å²) in [5.74, 6) is 0.607. The Morgan fingerprint density at radius 3 is 2.89 bits per heavy atom. The van der Waals surface area contributed by atoms with Crippen molar-refractivity contribution in [2.75, 3.05) is 0 Å². The summed E-state index contributed by atoms with van der Waals surface area (Å²) in [7, 11) is 0. The number of pyridine rings is 1. The van der Waals surface area contributed by atoms with Crippen LogP contribution in [-0.4, -0.2) is 4.98 Å². The second-order valence-electron chi connectivity index (χ2n) is 4.62. The molecule has 0 atom stereocenters. The molecular weight excluding hydrogens is 241 g/mol. The van der Waals surface area contributed by atoms with Crippen molar-refractivity contribution in [3.8, 4) is 17.0 Å². The molecule has 2 heterocycles. The van der Waals surface area contributed by atoms with Gasteiger partial charge in [0.2, 0.25) is 0 Å². The molecule has 0 spiro atoms. The van der Waals surface area contributed by atoms with Gasteiger partial charge in [0.05, 0.1) is 11.2 Å². The van der Waals surface area contributed by atoms with Crippen molar-refractivity contribution in [2.45, 2.75) is 6.61 Å². The Morgan fingerprint density at radius 2 is 1.95 bits per heavy atom. The summed E-state index contributed by atoms with van der Waals surface area (Å²) in [5, 5.41) is 0.807. The Bertz CT molecular complexity index is 798. The number of hydrogen-bond donors (Lipinski definition) is 0. The monoisotopic (exact) mass is 251 g/mol. The van der Waals surface area contributed by atoms with Crippen molar-refractivity contribution in [3.05, 3.63) is 59.9 Å². The Kier molecular flexibility index (Phi) is 2.09. The first-order chi connectivity index (χ1) is 9.31. The maximum Gasteiger partial charge on any atom is 0.129 e. The highest BCUT2D eigenvalue weighted by Crippen LogP contribution is 2.37. The highest BCUT2D eigenvalue weighted by molar-refractivity contribution is 5.85. The molecule has 0 saturated carbocycles. The van der Waals surface area contributed by atoms with E-state index in [0.717, 1.165) is 33.5 Å². The van der Waals surface area contributed by atoms with E-state index < -0.39 is 0 Å². The van der Waals surface area contributed by atoms with Gasteiger partial charge in [0.25, 0.3) is 0 Å². The highest BCUT2D eigenvalue weighted by Gasteiger charge is 2.18. The van der Waals surface area contributed by atoms with Crippen LogP contribution in [0.1, 0.15) is 5.56 Å². The second kappa shape index (κ2) is 3.79. The van der Waals surface area contributed by atoms with Crippen LogP contribution >= 0.6 is 0 Å². The number of aromatic nitrogens is 1. The summed E-state index contributed by atoms with van der Waals surface area (Å²) in [6, 6.07) is 14.5. The first-order valence-electron chi connectivity index (χ1n) is 6.13. The van der Waals surface area contributed by atoms with Crippen LogP contribution in [0, 0.1) is 5.82 Å². The van der Waals surface area contributed by atoms with Crippen LogP contribution in [-0.2, 0) is 6.61 Å². The first-order valence-corrected chi connectivity index (χ1v) is 6.13. The van der Waals surface area contributed by atoms with E-state index in [1.807, 2.05) is 30.3 Å². The molecule has 0 bridgehead atoms. The van der Waals surface area contributed by atoms with Gasteiger partial charge >= 0.3 is 0 Å². The molecule has 3 heteroatoms. The van der Waals surface area contributed by atoms with E-state index in [9.17, 15) is 4.39 Å². The lowest BCUT2D eigenvalue weighted by Crippen LogP contribution is -2.07. The van der Waals surface area contributed by atoms with Gasteiger partial charge in [0.1, 0.15) is 18.2 Å². The summed E-state index contributed by atoms with van der Waals surface area (Å²) < 4.78 is 18.9. The minimum Gasteiger partial charge on any atom is -0.488 e. The van der Waals surface area contributed by atoms with E-state index in [4.69, 9.17) is 4.74 Å². The molecule has 3 aromatic rings. The Hall–Kier alpha value is -2.42. The minimum absolute atomic E-state index is 0.244. The van der Waals surface area contributed by atoms with Crippen LogP contribution < -0.4 is 4.74 Å². The molecule has 0 fully saturated rings. The summed E-state index contributed by atoms with van der Waals surface area (Å²) in [5.41, 5.74) is 3.73. The molecule has 0 unspecified atom stereocenters. The average Bonchev–Trinajstić information content (AvgIpc) is 2.45. The van der Waals surface area contributed by atoms with Gasteiger partial charge in [-0.1, -0.05) is 12.1 Å². The summed E-state index contributed by atoms with van der Waals surface area (Å²) >= 11 is 0. The van der Waals surface area contributed by atoms with Crippen LogP contribution in [0.4, 0.5) is 4.39 Å². The Morgan fingerprint density at radius 1 is 1.05 bits per heavy atom. The SMILES string of the molecule is Fc1ccc2nc3c(cc2c1)COc1ccccc1-3. The number of fused-ring (bicyclic) bond motifs is 4. The van der Waals surface area contributed by atoms with Gasteiger partial charge in [0, 0.05) is 16.5 Å². The van der Waals surface area contributed by atoms with E-state index >= 15 is 0 Å². The van der Waals surface area contributed by atoms with Crippen molar-refractivity contribution in [1.29, 1.82) is 0 Å². The maximum atomic E-state index is 13.2. The molecule has 19 heavy (non-hydrogen) atoms. The van der Waals surface area contributed by atoms with Gasteiger partial charge in [-0.05, 0) is 36.4 Å². The van der Waals surface area contributed by atoms with Crippen molar-refractivity contribution >= 4 is 10.9 Å². The van der Waals surface area contributed by atoms with E-state index in [2.05, 4.69) is 4.98 Å². The molecule has 1 aliphatic heterocycles. The van der Waals surface area contributed by atoms with Crippen LogP contribution in [0.2, 0.25) is 0 Å². The molecule has 0 aliphatic carbocycles. The molecule has 1 aliphatic rings. The molecular formula is C16H10FNO. The van der Waals surface area contributed by atoms with Crippen LogP contribution in [0.3, 0.4) is 0 Å². The summed E-state index contributed by atoms with van der Waals surface area (Å²) in [6.45, 7) is 0.478. The third-order valence-corrected chi connectivity index (χ3v) is 3.38. The first kappa shape index (κ1) is 10.5. The van der Waals surface area contributed by atoms with Crippen molar-refractivity contribution in [2.24, 2.45) is 0 Å². The molecule has 0 amide bonds. The lowest BCUT2D eigenvalue weighted by atomic mass is 10.0. The van der Waals surface area contributed by atoms with Crippen molar-refractivity contribution < 1.29 is 9.13 Å². The molecule has 0 radical (unpaired) electrons. The van der Waals surface area contributed by atoms with E-state index in [0.29, 0.717) is 6.61 Å². The van der Waals surface area contributed by atoms with Gasteiger partial charge in [-0.25, -0.2) is 9.37 Å². The molecule has 2 aromatic carbocycles. The highest BCUT2D eigenvalue weighted by atomic mass is 19.1. The van der Waals surface area contributed by atoms with Crippen molar-refractivity contribution in [1.82, 2.24) is 4.98 Å². The quantitative estimate of drug-likeness (QED) is 0.604. The summed E-state index contributed by atoms with van der Waals surface area (Å²) in [6.07, 6.45) is 0. The fourth-order valence-electron chi connectivity index (χ4n) is 2.48. The smallest absolute Gasteiger partial charge is 0.129 e. The zero-order valence-corrected chi connectivity index (χ0v) is 10.1. The zero-order valence-electron chi connectivity index (χ0n) is 10.1. The molecule has 1 aromatic heterocycles. The average molecular weight is 251 g/mol. The van der Waals surface area contributed by atoms with Gasteiger partial charge in [-0.15, -0.1) is 0 Å². The Balaban J connectivity index is 2.03. The molecule has 0 N–H and O–H groups in total. The lowest BCUT2D eigenvalue weighted by molar-refractivity contribution is 0.302. The number of ether oxygens (including phenoxy) is 1. The topological polar surface area (TPSA) is 22.1 Å². The van der Waals surface area contributed by atoms with Crippen LogP contribution in [0.15, 0.2) is 48.5 Å².